The number of carbonyl (C=O) groups is 2. The lowest BCUT2D eigenvalue weighted by Gasteiger charge is -2.35. The molecule has 2 amide bonds. The van der Waals surface area contributed by atoms with Crippen molar-refractivity contribution in [3.8, 4) is 5.75 Å². The summed E-state index contributed by atoms with van der Waals surface area (Å²) in [4.78, 5) is 28.9. The van der Waals surface area contributed by atoms with Gasteiger partial charge in [-0.25, -0.2) is 8.42 Å². The van der Waals surface area contributed by atoms with Crippen LogP contribution < -0.4 is 9.64 Å². The van der Waals surface area contributed by atoms with Crippen LogP contribution in [0, 0.1) is 0 Å². The molecule has 172 valence electrons. The number of para-hydroxylation sites is 2. The van der Waals surface area contributed by atoms with Crippen molar-refractivity contribution in [1.82, 2.24) is 9.21 Å². The van der Waals surface area contributed by atoms with Gasteiger partial charge in [-0.2, -0.15) is 4.31 Å². The minimum absolute atomic E-state index is 0.0172. The number of halogens is 1. The zero-order valence-electron chi connectivity index (χ0n) is 18.4. The van der Waals surface area contributed by atoms with E-state index in [0.29, 0.717) is 24.5 Å². The van der Waals surface area contributed by atoms with Crippen molar-refractivity contribution < 1.29 is 22.7 Å². The summed E-state index contributed by atoms with van der Waals surface area (Å²) in [5.74, 6) is -0.421. The fourth-order valence-corrected chi connectivity index (χ4v) is 5.21. The van der Waals surface area contributed by atoms with E-state index in [1.54, 1.807) is 52.2 Å². The molecule has 32 heavy (non-hydrogen) atoms. The molecule has 1 aliphatic rings. The van der Waals surface area contributed by atoms with Crippen LogP contribution in [0.3, 0.4) is 0 Å². The maximum absolute atomic E-state index is 13.6. The van der Waals surface area contributed by atoms with Gasteiger partial charge in [0.05, 0.1) is 27.7 Å². The van der Waals surface area contributed by atoms with Crippen molar-refractivity contribution in [3.05, 3.63) is 53.1 Å². The first kappa shape index (κ1) is 24.0. The van der Waals surface area contributed by atoms with Crippen LogP contribution in [0.4, 0.5) is 5.69 Å². The smallest absolute Gasteiger partial charge is 0.265 e. The molecule has 0 aliphatic carbocycles. The molecule has 8 nitrogen and oxygen atoms in total. The van der Waals surface area contributed by atoms with Crippen LogP contribution >= 0.6 is 11.6 Å². The van der Waals surface area contributed by atoms with Crippen LogP contribution in [0.25, 0.3) is 0 Å². The maximum Gasteiger partial charge on any atom is 0.265 e. The number of fused-ring (bicyclic) bond motifs is 1. The number of ether oxygens (including phenoxy) is 1. The van der Waals surface area contributed by atoms with Crippen molar-refractivity contribution in [1.29, 1.82) is 0 Å². The second-order valence-corrected chi connectivity index (χ2v) is 9.80. The number of amides is 2. The topological polar surface area (TPSA) is 87.2 Å². The number of sulfonamides is 1. The molecule has 0 fully saturated rings. The molecule has 0 aromatic heterocycles. The van der Waals surface area contributed by atoms with Crippen LogP contribution in [0.5, 0.6) is 5.75 Å². The zero-order chi connectivity index (χ0) is 23.6. The van der Waals surface area contributed by atoms with Crippen molar-refractivity contribution in [3.63, 3.8) is 0 Å². The van der Waals surface area contributed by atoms with E-state index in [1.807, 2.05) is 0 Å². The zero-order valence-corrected chi connectivity index (χ0v) is 20.0. The summed E-state index contributed by atoms with van der Waals surface area (Å²) in [6.45, 7) is 4.06. The van der Waals surface area contributed by atoms with Crippen LogP contribution in [-0.2, 0) is 14.8 Å². The first-order valence-electron chi connectivity index (χ1n) is 10.2. The summed E-state index contributed by atoms with van der Waals surface area (Å²) in [5, 5.41) is 0.118. The molecular formula is C22H26ClN3O5S. The third-order valence-electron chi connectivity index (χ3n) is 5.25. The lowest BCUT2D eigenvalue weighted by Crippen LogP contribution is -2.50. The summed E-state index contributed by atoms with van der Waals surface area (Å²) < 4.78 is 33.0. The molecule has 1 aliphatic heterocycles. The van der Waals surface area contributed by atoms with E-state index in [1.165, 1.54) is 32.3 Å². The standard InChI is InChI=1S/C22H26ClN3O5S/c1-5-25(6-2)32(29,30)15-11-12-17(23)16(13-15)21(27)26-14-20(22(28)24(3)4)31-19-10-8-7-9-18(19)26/h7-13,20H,5-6,14H2,1-4H3. The van der Waals surface area contributed by atoms with Gasteiger partial charge in [0.25, 0.3) is 11.8 Å². The number of hydrogen-bond donors (Lipinski definition) is 0. The fourth-order valence-electron chi connectivity index (χ4n) is 3.53. The molecule has 3 rings (SSSR count). The van der Waals surface area contributed by atoms with Crippen LogP contribution in [0.2, 0.25) is 5.02 Å². The molecular weight excluding hydrogens is 454 g/mol. The Hall–Kier alpha value is -2.62. The number of anilines is 1. The third kappa shape index (κ3) is 4.46. The van der Waals surface area contributed by atoms with Gasteiger partial charge in [-0.05, 0) is 30.3 Å². The molecule has 0 spiro atoms. The normalized spacial score (nSPS) is 15.8. The number of benzene rings is 2. The SMILES string of the molecule is CCN(CC)S(=O)(=O)c1ccc(Cl)c(C(=O)N2CC(C(=O)N(C)C)Oc3ccccc32)c1. The van der Waals surface area contributed by atoms with E-state index in [-0.39, 0.29) is 27.9 Å². The summed E-state index contributed by atoms with van der Waals surface area (Å²) in [6.07, 6.45) is -0.898. The second kappa shape index (κ2) is 9.48. The molecule has 1 atom stereocenters. The van der Waals surface area contributed by atoms with Gasteiger partial charge < -0.3 is 14.5 Å². The molecule has 2 aromatic carbocycles. The molecule has 0 bridgehead atoms. The fraction of sp³-hybridized carbons (Fsp3) is 0.364. The minimum atomic E-state index is -3.78. The van der Waals surface area contributed by atoms with E-state index in [2.05, 4.69) is 0 Å². The Morgan fingerprint density at radius 1 is 1.12 bits per heavy atom. The summed E-state index contributed by atoms with van der Waals surface area (Å²) >= 11 is 6.32. The Morgan fingerprint density at radius 2 is 1.78 bits per heavy atom. The molecule has 1 unspecified atom stereocenters. The van der Waals surface area contributed by atoms with Crippen LogP contribution in [0.15, 0.2) is 47.4 Å². The highest BCUT2D eigenvalue weighted by molar-refractivity contribution is 7.89. The van der Waals surface area contributed by atoms with Crippen molar-refractivity contribution in [2.75, 3.05) is 38.6 Å². The van der Waals surface area contributed by atoms with Gasteiger partial charge in [-0.15, -0.1) is 0 Å². The van der Waals surface area contributed by atoms with Crippen molar-refractivity contribution in [2.45, 2.75) is 24.8 Å². The van der Waals surface area contributed by atoms with E-state index in [0.717, 1.165) is 0 Å². The Kier molecular flexibility index (Phi) is 7.12. The van der Waals surface area contributed by atoms with E-state index >= 15 is 0 Å². The number of likely N-dealkylation sites (N-methyl/N-ethyl adjacent to an activating group) is 1. The minimum Gasteiger partial charge on any atom is -0.476 e. The van der Waals surface area contributed by atoms with Gasteiger partial charge in [0.15, 0.2) is 6.10 Å². The summed E-state index contributed by atoms with van der Waals surface area (Å²) in [7, 11) is -0.566. The van der Waals surface area contributed by atoms with E-state index in [4.69, 9.17) is 16.3 Å². The Labute approximate surface area is 193 Å². The lowest BCUT2D eigenvalue weighted by atomic mass is 10.1. The predicted octanol–water partition coefficient (Wildman–Crippen LogP) is 2.87. The highest BCUT2D eigenvalue weighted by Crippen LogP contribution is 2.35. The first-order chi connectivity index (χ1) is 15.1. The molecule has 0 N–H and O–H groups in total. The van der Waals surface area contributed by atoms with Gasteiger partial charge in [0.1, 0.15) is 5.75 Å². The van der Waals surface area contributed by atoms with Gasteiger partial charge in [-0.3, -0.25) is 9.59 Å². The van der Waals surface area contributed by atoms with E-state index in [9.17, 15) is 18.0 Å². The van der Waals surface area contributed by atoms with Gasteiger partial charge in [-0.1, -0.05) is 37.6 Å². The Morgan fingerprint density at radius 3 is 2.41 bits per heavy atom. The van der Waals surface area contributed by atoms with Gasteiger partial charge in [0.2, 0.25) is 10.0 Å². The second-order valence-electron chi connectivity index (χ2n) is 7.45. The van der Waals surface area contributed by atoms with E-state index < -0.39 is 22.0 Å². The van der Waals surface area contributed by atoms with Gasteiger partial charge in [0, 0.05) is 27.2 Å². The lowest BCUT2D eigenvalue weighted by molar-refractivity contribution is -0.135. The number of nitrogens with zero attached hydrogens (tertiary/aromatic N) is 3. The van der Waals surface area contributed by atoms with Crippen LogP contribution in [0.1, 0.15) is 24.2 Å². The first-order valence-corrected chi connectivity index (χ1v) is 12.0. The molecule has 0 saturated heterocycles. The van der Waals surface area contributed by atoms with Crippen LogP contribution in [-0.4, -0.2) is 69.3 Å². The average Bonchev–Trinajstić information content (AvgIpc) is 2.78. The van der Waals surface area contributed by atoms with Crippen molar-refractivity contribution >= 4 is 39.1 Å². The maximum atomic E-state index is 13.6. The van der Waals surface area contributed by atoms with Gasteiger partial charge >= 0.3 is 0 Å². The third-order valence-corrected chi connectivity index (χ3v) is 7.62. The molecule has 0 saturated carbocycles. The number of hydrogen-bond acceptors (Lipinski definition) is 5. The monoisotopic (exact) mass is 479 g/mol. The Balaban J connectivity index is 2.05. The quantitative estimate of drug-likeness (QED) is 0.635. The summed E-state index contributed by atoms with van der Waals surface area (Å²) in [5.41, 5.74) is 0.515. The predicted molar refractivity (Wildman–Crippen MR) is 123 cm³/mol. The Bertz CT molecular complexity index is 1130. The molecule has 2 aromatic rings. The van der Waals surface area contributed by atoms with Crippen molar-refractivity contribution in [2.24, 2.45) is 0 Å². The summed E-state index contributed by atoms with van der Waals surface area (Å²) in [6, 6.07) is 11.0. The largest absolute Gasteiger partial charge is 0.476 e. The molecule has 1 heterocycles. The highest BCUT2D eigenvalue weighted by atomic mass is 35.5. The average molecular weight is 480 g/mol. The number of rotatable bonds is 6. The highest BCUT2D eigenvalue weighted by Gasteiger charge is 2.36. The number of carbonyl (C=O) groups excluding carboxylic acids is 2. The molecule has 10 heteroatoms. The molecule has 0 radical (unpaired) electrons.